The van der Waals surface area contributed by atoms with Gasteiger partial charge in [0.05, 0.1) is 6.61 Å². The molecule has 3 heteroatoms. The van der Waals surface area contributed by atoms with E-state index in [2.05, 4.69) is 24.3 Å². The van der Waals surface area contributed by atoms with Gasteiger partial charge in [0.1, 0.15) is 17.6 Å². The Balaban J connectivity index is 1.49. The maximum Gasteiger partial charge on any atom is 0.127 e. The molecule has 150 valence electrons. The first kappa shape index (κ1) is 19.3. The van der Waals surface area contributed by atoms with Gasteiger partial charge in [-0.3, -0.25) is 0 Å². The SMILES string of the molecule is CCOc1cccc(OC2c3ccccc3CC2CC2CCC(CN)CC2)c1. The Labute approximate surface area is 169 Å². The molecule has 2 atom stereocenters. The van der Waals surface area contributed by atoms with Crippen LogP contribution >= 0.6 is 0 Å². The maximum atomic E-state index is 6.59. The molecule has 1 fully saturated rings. The Morgan fingerprint density at radius 2 is 1.68 bits per heavy atom. The largest absolute Gasteiger partial charge is 0.494 e. The summed E-state index contributed by atoms with van der Waals surface area (Å²) < 4.78 is 12.2. The molecule has 0 radical (unpaired) electrons. The zero-order valence-electron chi connectivity index (χ0n) is 17.0. The zero-order valence-corrected chi connectivity index (χ0v) is 17.0. The van der Waals surface area contributed by atoms with E-state index in [0.717, 1.165) is 36.3 Å². The van der Waals surface area contributed by atoms with E-state index in [9.17, 15) is 0 Å². The van der Waals surface area contributed by atoms with E-state index >= 15 is 0 Å². The highest BCUT2D eigenvalue weighted by molar-refractivity contribution is 5.38. The average Bonchev–Trinajstić information content (AvgIpc) is 3.06. The molecular weight excluding hydrogens is 346 g/mol. The summed E-state index contributed by atoms with van der Waals surface area (Å²) in [6, 6.07) is 16.9. The molecule has 4 rings (SSSR count). The molecule has 28 heavy (non-hydrogen) atoms. The minimum absolute atomic E-state index is 0.139. The predicted octanol–water partition coefficient (Wildman–Crippen LogP) is 5.53. The number of hydrogen-bond donors (Lipinski definition) is 1. The van der Waals surface area contributed by atoms with Gasteiger partial charge >= 0.3 is 0 Å². The molecule has 0 spiro atoms. The molecule has 2 unspecified atom stereocenters. The van der Waals surface area contributed by atoms with Crippen LogP contribution in [-0.4, -0.2) is 13.2 Å². The number of fused-ring (bicyclic) bond motifs is 1. The van der Waals surface area contributed by atoms with Crippen LogP contribution in [0.25, 0.3) is 0 Å². The molecule has 2 aliphatic rings. The average molecular weight is 380 g/mol. The zero-order chi connectivity index (χ0) is 19.3. The van der Waals surface area contributed by atoms with Crippen molar-refractivity contribution in [1.82, 2.24) is 0 Å². The molecule has 2 aromatic rings. The van der Waals surface area contributed by atoms with Gasteiger partial charge < -0.3 is 15.2 Å². The summed E-state index contributed by atoms with van der Waals surface area (Å²) in [6.45, 7) is 3.53. The van der Waals surface area contributed by atoms with Crippen LogP contribution in [0.15, 0.2) is 48.5 Å². The molecule has 0 aliphatic heterocycles. The molecular formula is C25H33NO2. The van der Waals surface area contributed by atoms with E-state index in [1.807, 2.05) is 31.2 Å². The molecule has 2 aliphatic carbocycles. The highest BCUT2D eigenvalue weighted by Gasteiger charge is 2.36. The summed E-state index contributed by atoms with van der Waals surface area (Å²) in [5.41, 5.74) is 8.70. The monoisotopic (exact) mass is 379 g/mol. The van der Waals surface area contributed by atoms with Gasteiger partial charge in [-0.2, -0.15) is 0 Å². The standard InChI is InChI=1S/C25H33NO2/c1-2-27-22-7-5-8-23(16-22)28-25-21(15-20-6-3-4-9-24(20)25)14-18-10-12-19(17-26)13-11-18/h3-9,16,18-19,21,25H,2,10-15,17,26H2,1H3. The Morgan fingerprint density at radius 1 is 0.929 bits per heavy atom. The molecule has 1 saturated carbocycles. The van der Waals surface area contributed by atoms with Crippen LogP contribution in [0.5, 0.6) is 11.5 Å². The van der Waals surface area contributed by atoms with Crippen molar-refractivity contribution in [2.45, 2.75) is 51.6 Å². The molecule has 0 amide bonds. The van der Waals surface area contributed by atoms with Gasteiger partial charge in [-0.25, -0.2) is 0 Å². The van der Waals surface area contributed by atoms with Crippen molar-refractivity contribution < 1.29 is 9.47 Å². The molecule has 0 saturated heterocycles. The number of ether oxygens (including phenoxy) is 2. The van der Waals surface area contributed by atoms with Crippen molar-refractivity contribution in [3.05, 3.63) is 59.7 Å². The van der Waals surface area contributed by atoms with Crippen LogP contribution in [0.3, 0.4) is 0 Å². The lowest BCUT2D eigenvalue weighted by Gasteiger charge is -2.31. The van der Waals surface area contributed by atoms with Gasteiger partial charge in [0.2, 0.25) is 0 Å². The van der Waals surface area contributed by atoms with E-state index < -0.39 is 0 Å². The van der Waals surface area contributed by atoms with Crippen LogP contribution in [0.4, 0.5) is 0 Å². The minimum Gasteiger partial charge on any atom is -0.494 e. The summed E-state index contributed by atoms with van der Waals surface area (Å²) in [5, 5.41) is 0. The van der Waals surface area contributed by atoms with Crippen molar-refractivity contribution in [2.75, 3.05) is 13.2 Å². The second-order valence-corrected chi connectivity index (χ2v) is 8.47. The number of rotatable bonds is 7. The fourth-order valence-corrected chi connectivity index (χ4v) is 5.09. The van der Waals surface area contributed by atoms with Crippen LogP contribution in [0, 0.1) is 17.8 Å². The number of benzene rings is 2. The lowest BCUT2D eigenvalue weighted by molar-refractivity contribution is 0.119. The Kier molecular flexibility index (Phi) is 6.21. The van der Waals surface area contributed by atoms with Crippen LogP contribution < -0.4 is 15.2 Å². The summed E-state index contributed by atoms with van der Waals surface area (Å²) in [5.74, 6) is 3.88. The van der Waals surface area contributed by atoms with Crippen molar-refractivity contribution in [3.63, 3.8) is 0 Å². The quantitative estimate of drug-likeness (QED) is 0.687. The van der Waals surface area contributed by atoms with Crippen LogP contribution in [0.2, 0.25) is 0 Å². The van der Waals surface area contributed by atoms with Crippen molar-refractivity contribution in [1.29, 1.82) is 0 Å². The molecule has 0 bridgehead atoms. The van der Waals surface area contributed by atoms with Gasteiger partial charge in [0, 0.05) is 12.0 Å². The Bertz CT molecular complexity index is 767. The molecule has 0 aromatic heterocycles. The lowest BCUT2D eigenvalue weighted by Crippen LogP contribution is -2.24. The third-order valence-corrected chi connectivity index (χ3v) is 6.59. The van der Waals surface area contributed by atoms with Crippen LogP contribution in [0.1, 0.15) is 56.3 Å². The van der Waals surface area contributed by atoms with Gasteiger partial charge in [-0.15, -0.1) is 0 Å². The summed E-state index contributed by atoms with van der Waals surface area (Å²) in [4.78, 5) is 0. The van der Waals surface area contributed by atoms with Gasteiger partial charge in [-0.1, -0.05) is 43.2 Å². The van der Waals surface area contributed by atoms with Gasteiger partial charge in [0.25, 0.3) is 0 Å². The third kappa shape index (κ3) is 4.35. The molecule has 3 nitrogen and oxygen atoms in total. The normalized spacial score (nSPS) is 26.6. The smallest absolute Gasteiger partial charge is 0.127 e. The minimum atomic E-state index is 0.139. The third-order valence-electron chi connectivity index (χ3n) is 6.59. The highest BCUT2D eigenvalue weighted by atomic mass is 16.5. The maximum absolute atomic E-state index is 6.59. The fourth-order valence-electron chi connectivity index (χ4n) is 5.09. The lowest BCUT2D eigenvalue weighted by atomic mass is 9.77. The highest BCUT2D eigenvalue weighted by Crippen LogP contribution is 2.45. The number of hydrogen-bond acceptors (Lipinski definition) is 3. The Morgan fingerprint density at radius 3 is 2.46 bits per heavy atom. The second-order valence-electron chi connectivity index (χ2n) is 8.47. The van der Waals surface area contributed by atoms with E-state index in [4.69, 9.17) is 15.2 Å². The predicted molar refractivity (Wildman–Crippen MR) is 114 cm³/mol. The fraction of sp³-hybridized carbons (Fsp3) is 0.520. The first-order valence-corrected chi connectivity index (χ1v) is 10.9. The number of nitrogens with two attached hydrogens (primary N) is 1. The molecule has 2 aromatic carbocycles. The van der Waals surface area contributed by atoms with E-state index in [0.29, 0.717) is 12.5 Å². The topological polar surface area (TPSA) is 44.5 Å². The van der Waals surface area contributed by atoms with Gasteiger partial charge in [0.15, 0.2) is 0 Å². The first-order valence-electron chi connectivity index (χ1n) is 10.9. The van der Waals surface area contributed by atoms with E-state index in [1.165, 1.54) is 43.2 Å². The van der Waals surface area contributed by atoms with Gasteiger partial charge in [-0.05, 0) is 74.2 Å². The summed E-state index contributed by atoms with van der Waals surface area (Å²) >= 11 is 0. The van der Waals surface area contributed by atoms with Crippen molar-refractivity contribution in [2.24, 2.45) is 23.5 Å². The second kappa shape index (κ2) is 9.00. The van der Waals surface area contributed by atoms with E-state index in [-0.39, 0.29) is 6.10 Å². The molecule has 0 heterocycles. The van der Waals surface area contributed by atoms with Crippen molar-refractivity contribution in [3.8, 4) is 11.5 Å². The Hall–Kier alpha value is -2.00. The van der Waals surface area contributed by atoms with Crippen molar-refractivity contribution >= 4 is 0 Å². The molecule has 2 N–H and O–H groups in total. The first-order chi connectivity index (χ1) is 13.8. The summed E-state index contributed by atoms with van der Waals surface area (Å²) in [7, 11) is 0. The van der Waals surface area contributed by atoms with E-state index in [1.54, 1.807) is 0 Å². The van der Waals surface area contributed by atoms with Crippen LogP contribution in [-0.2, 0) is 6.42 Å². The summed E-state index contributed by atoms with van der Waals surface area (Å²) in [6.07, 6.45) is 7.75.